The number of carbonyl (C=O) groups is 2. The first-order valence-corrected chi connectivity index (χ1v) is 4.59. The van der Waals surface area contributed by atoms with Gasteiger partial charge < -0.3 is 10.8 Å². The Labute approximate surface area is 87.7 Å². The molecule has 4 heteroatoms. The molecule has 0 fully saturated rings. The Balaban J connectivity index is 2.78. The molecule has 0 aliphatic carbocycles. The highest BCUT2D eigenvalue weighted by molar-refractivity contribution is 5.99. The monoisotopic (exact) mass is 207 g/mol. The van der Waals surface area contributed by atoms with Crippen LogP contribution in [-0.4, -0.2) is 22.9 Å². The van der Waals surface area contributed by atoms with Crippen LogP contribution in [-0.2, 0) is 4.79 Å². The van der Waals surface area contributed by atoms with Crippen molar-refractivity contribution in [3.8, 4) is 0 Å². The summed E-state index contributed by atoms with van der Waals surface area (Å²) in [7, 11) is 0. The number of Topliss-reactive ketones (excluding diaryl/α,β-unsaturated/α-hetero) is 1. The van der Waals surface area contributed by atoms with E-state index in [4.69, 9.17) is 10.8 Å². The van der Waals surface area contributed by atoms with Gasteiger partial charge in [0.05, 0.1) is 0 Å². The van der Waals surface area contributed by atoms with Crippen LogP contribution >= 0.6 is 0 Å². The molecule has 0 aromatic heterocycles. The van der Waals surface area contributed by atoms with E-state index in [1.165, 1.54) is 0 Å². The predicted molar refractivity (Wildman–Crippen MR) is 55.7 cm³/mol. The number of aryl methyl sites for hydroxylation is 1. The van der Waals surface area contributed by atoms with E-state index in [2.05, 4.69) is 0 Å². The number of nitrogens with two attached hydrogens (primary N) is 1. The molecule has 15 heavy (non-hydrogen) atoms. The van der Waals surface area contributed by atoms with E-state index < -0.39 is 12.0 Å². The van der Waals surface area contributed by atoms with Gasteiger partial charge in [-0.25, -0.2) is 0 Å². The van der Waals surface area contributed by atoms with Gasteiger partial charge in [-0.2, -0.15) is 0 Å². The van der Waals surface area contributed by atoms with E-state index >= 15 is 0 Å². The molecular weight excluding hydrogens is 194 g/mol. The number of hydrogen-bond donors (Lipinski definition) is 2. The minimum atomic E-state index is -1.16. The van der Waals surface area contributed by atoms with Gasteiger partial charge in [-0.3, -0.25) is 9.59 Å². The van der Waals surface area contributed by atoms with Gasteiger partial charge in [0.2, 0.25) is 0 Å². The van der Waals surface area contributed by atoms with Gasteiger partial charge in [0.1, 0.15) is 6.04 Å². The van der Waals surface area contributed by atoms with Crippen molar-refractivity contribution in [2.24, 2.45) is 5.73 Å². The Bertz CT molecular complexity index is 387. The largest absolute Gasteiger partial charge is 0.480 e. The van der Waals surface area contributed by atoms with Crippen molar-refractivity contribution >= 4 is 11.8 Å². The second-order valence-corrected chi connectivity index (χ2v) is 3.39. The average Bonchev–Trinajstić information content (AvgIpc) is 2.18. The van der Waals surface area contributed by atoms with Crippen molar-refractivity contribution in [2.45, 2.75) is 19.4 Å². The van der Waals surface area contributed by atoms with Gasteiger partial charge in [-0.1, -0.05) is 24.3 Å². The summed E-state index contributed by atoms with van der Waals surface area (Å²) < 4.78 is 0. The number of carboxylic acids is 1. The first-order chi connectivity index (χ1) is 7.02. The Morgan fingerprint density at radius 1 is 1.40 bits per heavy atom. The normalized spacial score (nSPS) is 12.1. The standard InChI is InChI=1S/C11H13NO3/c1-7-4-2-3-5-8(7)10(13)6-9(12)11(14)15/h2-5,9H,6,12H2,1H3,(H,14,15)/t9-/m1/s1. The van der Waals surface area contributed by atoms with Crippen LogP contribution < -0.4 is 5.73 Å². The predicted octanol–water partition coefficient (Wildman–Crippen LogP) is 0.980. The molecule has 0 bridgehead atoms. The SMILES string of the molecule is Cc1ccccc1C(=O)C[C@@H](N)C(=O)O. The molecule has 0 saturated carbocycles. The third kappa shape index (κ3) is 2.89. The van der Waals surface area contributed by atoms with Crippen molar-refractivity contribution < 1.29 is 14.7 Å². The van der Waals surface area contributed by atoms with E-state index in [-0.39, 0.29) is 12.2 Å². The van der Waals surface area contributed by atoms with E-state index in [1.54, 1.807) is 25.1 Å². The van der Waals surface area contributed by atoms with Crippen LogP contribution in [0.25, 0.3) is 0 Å². The van der Waals surface area contributed by atoms with Crippen molar-refractivity contribution in [3.63, 3.8) is 0 Å². The smallest absolute Gasteiger partial charge is 0.320 e. The summed E-state index contributed by atoms with van der Waals surface area (Å²) in [5, 5.41) is 8.57. The molecule has 1 aromatic rings. The molecule has 4 nitrogen and oxygen atoms in total. The summed E-state index contributed by atoms with van der Waals surface area (Å²) >= 11 is 0. The third-order valence-electron chi connectivity index (χ3n) is 2.17. The number of carbonyl (C=O) groups excluding carboxylic acids is 1. The van der Waals surface area contributed by atoms with Gasteiger partial charge in [-0.05, 0) is 12.5 Å². The van der Waals surface area contributed by atoms with Crippen LogP contribution in [0.3, 0.4) is 0 Å². The third-order valence-corrected chi connectivity index (χ3v) is 2.17. The molecular formula is C11H13NO3. The lowest BCUT2D eigenvalue weighted by atomic mass is 10.00. The molecule has 0 saturated heterocycles. The number of aliphatic carboxylic acids is 1. The van der Waals surface area contributed by atoms with Crippen LogP contribution in [0.15, 0.2) is 24.3 Å². The van der Waals surface area contributed by atoms with Crippen molar-refractivity contribution in [1.29, 1.82) is 0 Å². The molecule has 0 spiro atoms. The highest BCUT2D eigenvalue weighted by Gasteiger charge is 2.18. The van der Waals surface area contributed by atoms with Gasteiger partial charge >= 0.3 is 5.97 Å². The first-order valence-electron chi connectivity index (χ1n) is 4.59. The fraction of sp³-hybridized carbons (Fsp3) is 0.273. The number of hydrogen-bond acceptors (Lipinski definition) is 3. The van der Waals surface area contributed by atoms with Gasteiger partial charge in [-0.15, -0.1) is 0 Å². The highest BCUT2D eigenvalue weighted by Crippen LogP contribution is 2.10. The maximum absolute atomic E-state index is 11.6. The molecule has 80 valence electrons. The fourth-order valence-corrected chi connectivity index (χ4v) is 1.28. The van der Waals surface area contributed by atoms with Crippen LogP contribution in [0.4, 0.5) is 0 Å². The maximum Gasteiger partial charge on any atom is 0.320 e. The number of rotatable bonds is 4. The summed E-state index contributed by atoms with van der Waals surface area (Å²) in [6.07, 6.45) is -0.166. The molecule has 1 rings (SSSR count). The Kier molecular flexibility index (Phi) is 3.57. The first kappa shape index (κ1) is 11.4. The zero-order valence-corrected chi connectivity index (χ0v) is 8.43. The summed E-state index contributed by atoms with van der Waals surface area (Å²) in [4.78, 5) is 22.1. The highest BCUT2D eigenvalue weighted by atomic mass is 16.4. The van der Waals surface area contributed by atoms with Crippen molar-refractivity contribution in [3.05, 3.63) is 35.4 Å². The second-order valence-electron chi connectivity index (χ2n) is 3.39. The topological polar surface area (TPSA) is 80.4 Å². The second kappa shape index (κ2) is 4.70. The molecule has 0 amide bonds. The molecule has 0 heterocycles. The van der Waals surface area contributed by atoms with Crippen molar-refractivity contribution in [1.82, 2.24) is 0 Å². The molecule has 0 aliphatic heterocycles. The Hall–Kier alpha value is -1.68. The molecule has 0 aliphatic rings. The molecule has 1 aromatic carbocycles. The number of ketones is 1. The zero-order valence-electron chi connectivity index (χ0n) is 8.43. The maximum atomic E-state index is 11.6. The van der Waals surface area contributed by atoms with Crippen LogP contribution in [0.2, 0.25) is 0 Å². The van der Waals surface area contributed by atoms with Crippen LogP contribution in [0, 0.1) is 6.92 Å². The van der Waals surface area contributed by atoms with Crippen molar-refractivity contribution in [2.75, 3.05) is 0 Å². The minimum Gasteiger partial charge on any atom is -0.480 e. The molecule has 0 radical (unpaired) electrons. The van der Waals surface area contributed by atoms with Gasteiger partial charge in [0.25, 0.3) is 0 Å². The average molecular weight is 207 g/mol. The molecule has 3 N–H and O–H groups in total. The fourth-order valence-electron chi connectivity index (χ4n) is 1.28. The zero-order chi connectivity index (χ0) is 11.4. The van der Waals surface area contributed by atoms with E-state index in [1.807, 2.05) is 6.07 Å². The van der Waals surface area contributed by atoms with Crippen LogP contribution in [0.1, 0.15) is 22.3 Å². The lowest BCUT2D eigenvalue weighted by molar-refractivity contribution is -0.138. The van der Waals surface area contributed by atoms with E-state index in [0.29, 0.717) is 5.56 Å². The quantitative estimate of drug-likeness (QED) is 0.721. The Morgan fingerprint density at radius 3 is 2.53 bits per heavy atom. The summed E-state index contributed by atoms with van der Waals surface area (Å²) in [5.41, 5.74) is 6.65. The van der Waals surface area contributed by atoms with E-state index in [0.717, 1.165) is 5.56 Å². The number of carboxylic acid groups (broad SMARTS) is 1. The Morgan fingerprint density at radius 2 is 2.00 bits per heavy atom. The minimum absolute atomic E-state index is 0.166. The summed E-state index contributed by atoms with van der Waals surface area (Å²) in [6.45, 7) is 1.81. The van der Waals surface area contributed by atoms with Gasteiger partial charge in [0, 0.05) is 12.0 Å². The summed E-state index contributed by atoms with van der Waals surface area (Å²) in [5.74, 6) is -1.39. The number of benzene rings is 1. The molecule has 0 unspecified atom stereocenters. The summed E-state index contributed by atoms with van der Waals surface area (Å²) in [6, 6.07) is 5.92. The molecule has 1 atom stereocenters. The van der Waals surface area contributed by atoms with E-state index in [9.17, 15) is 9.59 Å². The lowest BCUT2D eigenvalue weighted by Gasteiger charge is -2.07. The van der Waals surface area contributed by atoms with Gasteiger partial charge in [0.15, 0.2) is 5.78 Å². The van der Waals surface area contributed by atoms with Crippen LogP contribution in [0.5, 0.6) is 0 Å². The lowest BCUT2D eigenvalue weighted by Crippen LogP contribution is -2.32.